The molecule has 1 aliphatic rings. The quantitative estimate of drug-likeness (QED) is 0.766. The second-order valence-electron chi connectivity index (χ2n) is 6.90. The summed E-state index contributed by atoms with van der Waals surface area (Å²) in [5.74, 6) is -2.10. The van der Waals surface area contributed by atoms with E-state index in [9.17, 15) is 18.4 Å². The molecule has 1 heterocycles. The third-order valence-corrected chi connectivity index (χ3v) is 3.97. The van der Waals surface area contributed by atoms with Crippen LogP contribution in [0, 0.1) is 11.6 Å². The van der Waals surface area contributed by atoms with Crippen LogP contribution in [0.15, 0.2) is 36.4 Å². The summed E-state index contributed by atoms with van der Waals surface area (Å²) in [7, 11) is 0. The average molecular weight is 391 g/mol. The molecule has 1 amide bonds. The van der Waals surface area contributed by atoms with E-state index in [1.807, 2.05) is 19.9 Å². The number of hydrogen-bond donors (Lipinski definition) is 1. The van der Waals surface area contributed by atoms with Gasteiger partial charge in [-0.2, -0.15) is 0 Å². The minimum absolute atomic E-state index is 0.336. The zero-order valence-electron chi connectivity index (χ0n) is 15.4. The van der Waals surface area contributed by atoms with Crippen LogP contribution in [0.4, 0.5) is 14.5 Å². The van der Waals surface area contributed by atoms with Gasteiger partial charge in [0.15, 0.2) is 24.7 Å². The lowest BCUT2D eigenvalue weighted by Gasteiger charge is -2.18. The van der Waals surface area contributed by atoms with Crippen LogP contribution in [0.1, 0.15) is 19.4 Å². The monoisotopic (exact) mass is 391 g/mol. The highest BCUT2D eigenvalue weighted by Crippen LogP contribution is 2.41. The van der Waals surface area contributed by atoms with Crippen LogP contribution in [0.3, 0.4) is 0 Å². The van der Waals surface area contributed by atoms with E-state index in [0.717, 1.165) is 30.2 Å². The van der Waals surface area contributed by atoms with Crippen LogP contribution >= 0.6 is 0 Å². The molecule has 6 nitrogen and oxygen atoms in total. The molecule has 0 atom stereocenters. The molecule has 0 fully saturated rings. The topological polar surface area (TPSA) is 73.9 Å². The fourth-order valence-electron chi connectivity index (χ4n) is 2.80. The molecule has 28 heavy (non-hydrogen) atoms. The Morgan fingerprint density at radius 1 is 1.18 bits per heavy atom. The average Bonchev–Trinajstić information content (AvgIpc) is 2.95. The Hall–Kier alpha value is -3.16. The molecule has 0 aromatic heterocycles. The summed E-state index contributed by atoms with van der Waals surface area (Å²) in [6.07, 6.45) is 0.723. The van der Waals surface area contributed by atoms with E-state index in [4.69, 9.17) is 14.2 Å². The van der Waals surface area contributed by atoms with E-state index >= 15 is 0 Å². The van der Waals surface area contributed by atoms with Crippen LogP contribution in [-0.4, -0.2) is 30.7 Å². The van der Waals surface area contributed by atoms with Gasteiger partial charge in [-0.1, -0.05) is 12.1 Å². The van der Waals surface area contributed by atoms with Crippen LogP contribution in [-0.2, 0) is 20.7 Å². The van der Waals surface area contributed by atoms with E-state index < -0.39 is 36.7 Å². The summed E-state index contributed by atoms with van der Waals surface area (Å²) in [4.78, 5) is 23.6. The number of hydrogen-bond acceptors (Lipinski definition) is 5. The second-order valence-corrected chi connectivity index (χ2v) is 6.90. The number of benzene rings is 2. The highest BCUT2D eigenvalue weighted by atomic mass is 19.1. The predicted octanol–water partition coefficient (Wildman–Crippen LogP) is 3.24. The lowest BCUT2D eigenvalue weighted by atomic mass is 10.0. The van der Waals surface area contributed by atoms with Crippen molar-refractivity contribution in [3.8, 4) is 11.5 Å². The second kappa shape index (κ2) is 7.84. The van der Waals surface area contributed by atoms with Gasteiger partial charge in [-0.3, -0.25) is 4.79 Å². The largest absolute Gasteiger partial charge is 0.483 e. The fourth-order valence-corrected chi connectivity index (χ4v) is 2.80. The fraction of sp³-hybridized carbons (Fsp3) is 0.300. The molecular weight excluding hydrogens is 372 g/mol. The number of rotatable bonds is 6. The number of carbonyl (C=O) groups excluding carboxylic acids is 2. The molecule has 3 rings (SSSR count). The SMILES string of the molecule is CC1(C)Cc2cccc(OCC(=O)OCC(=O)Nc3cc(F)ccc3F)c2O1. The van der Waals surface area contributed by atoms with Gasteiger partial charge in [0.25, 0.3) is 5.91 Å². The molecule has 0 unspecified atom stereocenters. The maximum Gasteiger partial charge on any atom is 0.344 e. The minimum Gasteiger partial charge on any atom is -0.483 e. The first-order valence-corrected chi connectivity index (χ1v) is 8.58. The highest BCUT2D eigenvalue weighted by Gasteiger charge is 2.32. The first-order valence-electron chi connectivity index (χ1n) is 8.58. The number of nitrogens with one attached hydrogen (secondary N) is 1. The van der Waals surface area contributed by atoms with Crippen molar-refractivity contribution in [2.24, 2.45) is 0 Å². The van der Waals surface area contributed by atoms with Crippen LogP contribution in [0.2, 0.25) is 0 Å². The molecule has 148 valence electrons. The molecule has 1 N–H and O–H groups in total. The van der Waals surface area contributed by atoms with E-state index in [-0.39, 0.29) is 11.3 Å². The van der Waals surface area contributed by atoms with Crippen molar-refractivity contribution in [1.82, 2.24) is 0 Å². The highest BCUT2D eigenvalue weighted by molar-refractivity contribution is 5.93. The molecule has 2 aromatic rings. The number of esters is 1. The van der Waals surface area contributed by atoms with Gasteiger partial charge >= 0.3 is 5.97 Å². The van der Waals surface area contributed by atoms with Gasteiger partial charge in [-0.15, -0.1) is 0 Å². The third-order valence-electron chi connectivity index (χ3n) is 3.97. The summed E-state index contributed by atoms with van der Waals surface area (Å²) < 4.78 is 42.6. The molecule has 0 aliphatic carbocycles. The van der Waals surface area contributed by atoms with Crippen molar-refractivity contribution in [2.75, 3.05) is 18.5 Å². The predicted molar refractivity (Wildman–Crippen MR) is 96.3 cm³/mol. The molecular formula is C20H19F2NO5. The number of fused-ring (bicyclic) bond motifs is 1. The minimum atomic E-state index is -0.802. The van der Waals surface area contributed by atoms with Crippen molar-refractivity contribution >= 4 is 17.6 Å². The number of amides is 1. The Morgan fingerprint density at radius 3 is 2.75 bits per heavy atom. The molecule has 0 saturated heterocycles. The van der Waals surface area contributed by atoms with Crippen molar-refractivity contribution in [3.63, 3.8) is 0 Å². The number of para-hydroxylation sites is 1. The lowest BCUT2D eigenvalue weighted by Crippen LogP contribution is -2.25. The molecule has 8 heteroatoms. The number of ether oxygens (including phenoxy) is 3. The van der Waals surface area contributed by atoms with E-state index in [2.05, 4.69) is 5.32 Å². The van der Waals surface area contributed by atoms with Gasteiger partial charge < -0.3 is 19.5 Å². The first kappa shape index (κ1) is 19.6. The molecule has 1 aliphatic heterocycles. The summed E-state index contributed by atoms with van der Waals surface area (Å²) >= 11 is 0. The Kier molecular flexibility index (Phi) is 5.48. The van der Waals surface area contributed by atoms with Crippen molar-refractivity contribution in [2.45, 2.75) is 25.9 Å². The van der Waals surface area contributed by atoms with Gasteiger partial charge in [0.05, 0.1) is 5.69 Å². The normalized spacial score (nSPS) is 14.0. The molecule has 0 radical (unpaired) electrons. The summed E-state index contributed by atoms with van der Waals surface area (Å²) in [5, 5.41) is 2.13. The van der Waals surface area contributed by atoms with Crippen LogP contribution in [0.5, 0.6) is 11.5 Å². The molecule has 0 saturated carbocycles. The van der Waals surface area contributed by atoms with Gasteiger partial charge in [0.2, 0.25) is 0 Å². The Morgan fingerprint density at radius 2 is 1.96 bits per heavy atom. The van der Waals surface area contributed by atoms with E-state index in [1.165, 1.54) is 0 Å². The summed E-state index contributed by atoms with van der Waals surface area (Å²) in [6.45, 7) is 2.81. The zero-order valence-corrected chi connectivity index (χ0v) is 15.4. The summed E-state index contributed by atoms with van der Waals surface area (Å²) in [5.41, 5.74) is 0.288. The zero-order chi connectivity index (χ0) is 20.3. The van der Waals surface area contributed by atoms with Crippen LogP contribution < -0.4 is 14.8 Å². The Balaban J connectivity index is 1.49. The molecule has 0 bridgehead atoms. The number of halogens is 2. The van der Waals surface area contributed by atoms with Gasteiger partial charge in [0, 0.05) is 18.1 Å². The summed E-state index contributed by atoms with van der Waals surface area (Å²) in [6, 6.07) is 8.03. The van der Waals surface area contributed by atoms with Gasteiger partial charge in [-0.25, -0.2) is 13.6 Å². The van der Waals surface area contributed by atoms with Crippen molar-refractivity contribution in [1.29, 1.82) is 0 Å². The maximum atomic E-state index is 13.5. The smallest absolute Gasteiger partial charge is 0.344 e. The van der Waals surface area contributed by atoms with Gasteiger partial charge in [-0.05, 0) is 32.0 Å². The lowest BCUT2D eigenvalue weighted by molar-refractivity contribution is -0.149. The third kappa shape index (κ3) is 4.76. The number of carbonyl (C=O) groups is 2. The van der Waals surface area contributed by atoms with Gasteiger partial charge in [0.1, 0.15) is 17.2 Å². The van der Waals surface area contributed by atoms with E-state index in [1.54, 1.807) is 12.1 Å². The standard InChI is InChI=1S/C20H19F2NO5/c1-20(2)9-12-4-3-5-16(19(12)28-20)26-11-18(25)27-10-17(24)23-15-8-13(21)6-7-14(15)22/h3-8H,9-11H2,1-2H3,(H,23,24). The van der Waals surface area contributed by atoms with Crippen LogP contribution in [0.25, 0.3) is 0 Å². The van der Waals surface area contributed by atoms with E-state index in [0.29, 0.717) is 11.5 Å². The maximum absolute atomic E-state index is 13.5. The first-order chi connectivity index (χ1) is 13.2. The Bertz CT molecular complexity index is 913. The number of anilines is 1. The van der Waals surface area contributed by atoms with Crippen molar-refractivity contribution < 1.29 is 32.6 Å². The van der Waals surface area contributed by atoms with Crippen molar-refractivity contribution in [3.05, 3.63) is 53.6 Å². The molecule has 2 aromatic carbocycles. The molecule has 0 spiro atoms. The Labute approximate surface area is 160 Å².